The second-order valence-electron chi connectivity index (χ2n) is 7.52. The molecule has 1 fully saturated rings. The fourth-order valence-electron chi connectivity index (χ4n) is 3.89. The Morgan fingerprint density at radius 2 is 1.80 bits per heavy atom. The number of carbonyl (C=O) groups excluding carboxylic acids is 2. The number of Topliss-reactive ketones (excluding diaryl/α,β-unsaturated/α-hetero) is 1. The molecule has 5 nitrogen and oxygen atoms in total. The number of hydrogen-bond donors (Lipinski definition) is 1. The molecule has 1 aliphatic rings. The maximum Gasteiger partial charge on any atom is 0.295 e. The van der Waals surface area contributed by atoms with Gasteiger partial charge in [-0.15, -0.1) is 0 Å². The fraction of sp³-hybridized carbons (Fsp3) is 0.360. The molecule has 0 aromatic heterocycles. The van der Waals surface area contributed by atoms with Gasteiger partial charge in [0.05, 0.1) is 18.2 Å². The second kappa shape index (κ2) is 9.61. The van der Waals surface area contributed by atoms with E-state index in [-0.39, 0.29) is 11.3 Å². The normalized spacial score (nSPS) is 18.1. The quantitative estimate of drug-likeness (QED) is 0.289. The number of unbranched alkanes of at least 4 members (excludes halogenated alkanes) is 2. The molecule has 1 aliphatic heterocycles. The highest BCUT2D eigenvalue weighted by molar-refractivity contribution is 6.46. The van der Waals surface area contributed by atoms with Crippen molar-refractivity contribution in [3.63, 3.8) is 0 Å². The van der Waals surface area contributed by atoms with Crippen LogP contribution in [0.1, 0.15) is 55.8 Å². The van der Waals surface area contributed by atoms with Crippen LogP contribution in [-0.2, 0) is 9.59 Å². The Morgan fingerprint density at radius 1 is 1.07 bits per heavy atom. The number of aliphatic hydroxyl groups is 1. The van der Waals surface area contributed by atoms with E-state index in [0.29, 0.717) is 18.7 Å². The average molecular weight is 408 g/mol. The number of rotatable bonds is 8. The van der Waals surface area contributed by atoms with E-state index in [0.717, 1.165) is 36.1 Å². The van der Waals surface area contributed by atoms with Crippen LogP contribution >= 0.6 is 0 Å². The van der Waals surface area contributed by atoms with Crippen molar-refractivity contribution >= 4 is 17.4 Å². The van der Waals surface area contributed by atoms with Crippen molar-refractivity contribution in [3.8, 4) is 5.75 Å². The van der Waals surface area contributed by atoms with Gasteiger partial charge in [-0.2, -0.15) is 0 Å². The first-order valence-electron chi connectivity index (χ1n) is 10.6. The third-order valence-corrected chi connectivity index (χ3v) is 5.41. The van der Waals surface area contributed by atoms with E-state index in [1.54, 1.807) is 23.1 Å². The van der Waals surface area contributed by atoms with Crippen molar-refractivity contribution in [2.75, 3.05) is 13.2 Å². The van der Waals surface area contributed by atoms with Crippen molar-refractivity contribution < 1.29 is 19.4 Å². The number of aliphatic hydroxyl groups excluding tert-OH is 1. The Hall–Kier alpha value is -3.08. The first-order valence-corrected chi connectivity index (χ1v) is 10.6. The van der Waals surface area contributed by atoms with Crippen LogP contribution < -0.4 is 4.74 Å². The van der Waals surface area contributed by atoms with Crippen molar-refractivity contribution in [3.05, 3.63) is 70.8 Å². The summed E-state index contributed by atoms with van der Waals surface area (Å²) < 4.78 is 5.57. The topological polar surface area (TPSA) is 66.8 Å². The number of nitrogens with zero attached hydrogens (tertiary/aromatic N) is 1. The standard InChI is InChI=1S/C25H29NO4/c1-4-6-10-15-26-22(18-11-8-7-9-12-18)21(24(28)25(26)29)23(27)19-13-14-20(30-5-2)17(3)16-19/h7-9,11-14,16,22,27H,4-6,10,15H2,1-3H3/b23-21-. The maximum atomic E-state index is 13.0. The molecular weight excluding hydrogens is 378 g/mol. The Kier molecular flexibility index (Phi) is 6.93. The van der Waals surface area contributed by atoms with Gasteiger partial charge in [-0.3, -0.25) is 9.59 Å². The molecule has 0 radical (unpaired) electrons. The molecule has 30 heavy (non-hydrogen) atoms. The van der Waals surface area contributed by atoms with Gasteiger partial charge in [0.25, 0.3) is 11.7 Å². The summed E-state index contributed by atoms with van der Waals surface area (Å²) in [7, 11) is 0. The number of carbonyl (C=O) groups is 2. The second-order valence-corrected chi connectivity index (χ2v) is 7.52. The number of aryl methyl sites for hydroxylation is 1. The molecule has 0 bridgehead atoms. The fourth-order valence-corrected chi connectivity index (χ4v) is 3.89. The van der Waals surface area contributed by atoms with Crippen molar-refractivity contribution in [1.29, 1.82) is 0 Å². The minimum atomic E-state index is -0.635. The number of hydrogen-bond acceptors (Lipinski definition) is 4. The van der Waals surface area contributed by atoms with E-state index in [1.165, 1.54) is 0 Å². The molecular formula is C25H29NO4. The number of ether oxygens (including phenoxy) is 1. The molecule has 1 heterocycles. The maximum absolute atomic E-state index is 13.0. The van der Waals surface area contributed by atoms with Crippen LogP contribution in [0.25, 0.3) is 5.76 Å². The van der Waals surface area contributed by atoms with E-state index >= 15 is 0 Å². The molecule has 0 saturated carbocycles. The molecule has 1 saturated heterocycles. The van der Waals surface area contributed by atoms with Gasteiger partial charge in [0.1, 0.15) is 11.5 Å². The zero-order chi connectivity index (χ0) is 21.7. The zero-order valence-corrected chi connectivity index (χ0v) is 17.9. The molecule has 2 aromatic rings. The van der Waals surface area contributed by atoms with E-state index in [9.17, 15) is 14.7 Å². The summed E-state index contributed by atoms with van der Waals surface area (Å²) in [6.45, 7) is 6.92. The summed E-state index contributed by atoms with van der Waals surface area (Å²) in [5.41, 5.74) is 2.32. The minimum Gasteiger partial charge on any atom is -0.507 e. The average Bonchev–Trinajstić information content (AvgIpc) is 3.00. The molecule has 158 valence electrons. The summed E-state index contributed by atoms with van der Waals surface area (Å²) in [6.07, 6.45) is 2.81. The third-order valence-electron chi connectivity index (χ3n) is 5.41. The largest absolute Gasteiger partial charge is 0.507 e. The number of ketones is 1. The van der Waals surface area contributed by atoms with Crippen LogP contribution in [0.5, 0.6) is 5.75 Å². The van der Waals surface area contributed by atoms with Gasteiger partial charge in [-0.05, 0) is 49.6 Å². The Morgan fingerprint density at radius 3 is 2.43 bits per heavy atom. The minimum absolute atomic E-state index is 0.145. The molecule has 1 N–H and O–H groups in total. The predicted molar refractivity (Wildman–Crippen MR) is 117 cm³/mol. The first kappa shape index (κ1) is 21.6. The highest BCUT2D eigenvalue weighted by atomic mass is 16.5. The molecule has 0 aliphatic carbocycles. The van der Waals surface area contributed by atoms with Gasteiger partial charge in [0, 0.05) is 12.1 Å². The predicted octanol–water partition coefficient (Wildman–Crippen LogP) is 5.01. The van der Waals surface area contributed by atoms with E-state index < -0.39 is 17.7 Å². The lowest BCUT2D eigenvalue weighted by Gasteiger charge is -2.25. The summed E-state index contributed by atoms with van der Waals surface area (Å²) in [5, 5.41) is 11.1. The van der Waals surface area contributed by atoms with Crippen molar-refractivity contribution in [1.82, 2.24) is 4.90 Å². The lowest BCUT2D eigenvalue weighted by atomic mass is 9.94. The first-order chi connectivity index (χ1) is 14.5. The van der Waals surface area contributed by atoms with Crippen LogP contribution in [-0.4, -0.2) is 34.8 Å². The Balaban J connectivity index is 2.08. The molecule has 1 amide bonds. The monoisotopic (exact) mass is 407 g/mol. The van der Waals surface area contributed by atoms with Gasteiger partial charge >= 0.3 is 0 Å². The molecule has 2 aromatic carbocycles. The summed E-state index contributed by atoms with van der Waals surface area (Å²) >= 11 is 0. The lowest BCUT2D eigenvalue weighted by molar-refractivity contribution is -0.139. The lowest BCUT2D eigenvalue weighted by Crippen LogP contribution is -2.30. The molecule has 5 heteroatoms. The van der Waals surface area contributed by atoms with E-state index in [4.69, 9.17) is 4.74 Å². The van der Waals surface area contributed by atoms with Crippen LogP contribution in [0.3, 0.4) is 0 Å². The summed E-state index contributed by atoms with van der Waals surface area (Å²) in [5.74, 6) is -0.603. The SMILES string of the molecule is CCCCCN1C(=O)C(=O)/C(=C(\O)c2ccc(OCC)c(C)c2)C1c1ccccc1. The number of likely N-dealkylation sites (tertiary alicyclic amines) is 1. The Bertz CT molecular complexity index is 949. The highest BCUT2D eigenvalue weighted by Gasteiger charge is 2.45. The van der Waals surface area contributed by atoms with E-state index in [1.807, 2.05) is 44.2 Å². The van der Waals surface area contributed by atoms with Crippen LogP contribution in [0.4, 0.5) is 0 Å². The van der Waals surface area contributed by atoms with Gasteiger partial charge in [0.15, 0.2) is 0 Å². The summed E-state index contributed by atoms with van der Waals surface area (Å²) in [4.78, 5) is 27.4. The van der Waals surface area contributed by atoms with Gasteiger partial charge in [0.2, 0.25) is 0 Å². The third kappa shape index (κ3) is 4.25. The van der Waals surface area contributed by atoms with Crippen molar-refractivity contribution in [2.45, 2.75) is 46.1 Å². The molecule has 1 atom stereocenters. The van der Waals surface area contributed by atoms with Crippen LogP contribution in [0.2, 0.25) is 0 Å². The smallest absolute Gasteiger partial charge is 0.295 e. The zero-order valence-electron chi connectivity index (χ0n) is 17.9. The molecule has 3 rings (SSSR count). The van der Waals surface area contributed by atoms with Crippen LogP contribution in [0, 0.1) is 6.92 Å². The number of benzene rings is 2. The Labute approximate surface area is 178 Å². The van der Waals surface area contributed by atoms with Crippen LogP contribution in [0.15, 0.2) is 54.1 Å². The van der Waals surface area contributed by atoms with Gasteiger partial charge < -0.3 is 14.7 Å². The van der Waals surface area contributed by atoms with E-state index in [2.05, 4.69) is 6.92 Å². The van der Waals surface area contributed by atoms with Crippen molar-refractivity contribution in [2.24, 2.45) is 0 Å². The molecule has 1 unspecified atom stereocenters. The van der Waals surface area contributed by atoms with Gasteiger partial charge in [-0.1, -0.05) is 50.1 Å². The number of amides is 1. The summed E-state index contributed by atoms with van der Waals surface area (Å²) in [6, 6.07) is 14.1. The van der Waals surface area contributed by atoms with Gasteiger partial charge in [-0.25, -0.2) is 0 Å². The highest BCUT2D eigenvalue weighted by Crippen LogP contribution is 2.39. The molecule has 0 spiro atoms.